The summed E-state index contributed by atoms with van der Waals surface area (Å²) in [7, 11) is 3.30. The quantitative estimate of drug-likeness (QED) is 0.337. The van der Waals surface area contributed by atoms with E-state index in [0.29, 0.717) is 11.5 Å². The van der Waals surface area contributed by atoms with Crippen molar-refractivity contribution in [3.63, 3.8) is 0 Å². The van der Waals surface area contributed by atoms with Crippen LogP contribution in [0.4, 0.5) is 5.69 Å². The maximum absolute atomic E-state index is 12.7. The number of hydrogen-bond donors (Lipinski definition) is 2. The number of methoxy groups -OCH3 is 1. The molecule has 1 heterocycles. The Morgan fingerprint density at radius 3 is 2.50 bits per heavy atom. The molecule has 1 fully saturated rings. The Bertz CT molecular complexity index is 1230. The summed E-state index contributed by atoms with van der Waals surface area (Å²) in [5.74, 6) is 0.152. The van der Waals surface area contributed by atoms with Crippen molar-refractivity contribution >= 4 is 17.6 Å². The molecule has 0 bridgehead atoms. The zero-order valence-electron chi connectivity index (χ0n) is 22.5. The van der Waals surface area contributed by atoms with E-state index in [1.807, 2.05) is 41.1 Å². The number of nitrogens with zero attached hydrogens (tertiary/aromatic N) is 3. The van der Waals surface area contributed by atoms with Gasteiger partial charge in [0.2, 0.25) is 0 Å². The van der Waals surface area contributed by atoms with E-state index in [-0.39, 0.29) is 24.9 Å². The molecule has 1 unspecified atom stereocenters. The van der Waals surface area contributed by atoms with E-state index in [1.54, 1.807) is 26.3 Å². The Hall–Kier alpha value is -3.81. The molecular formula is C30H38N4O4. The van der Waals surface area contributed by atoms with Crippen LogP contribution in [0.25, 0.3) is 5.69 Å². The first-order valence-electron chi connectivity index (χ1n) is 13.5. The smallest absolute Gasteiger partial charge is 0.305 e. The normalized spacial score (nSPS) is 14.6. The SMILES string of the molecule is CCc1nn(-c2ccccc2OC)cc1C(Nc1ccc(C(=O)N(C)CCC(=O)O)cc1)C1CCCCC1. The van der Waals surface area contributed by atoms with Gasteiger partial charge in [-0.3, -0.25) is 9.59 Å². The Labute approximate surface area is 224 Å². The van der Waals surface area contributed by atoms with Crippen LogP contribution in [-0.4, -0.2) is 52.4 Å². The summed E-state index contributed by atoms with van der Waals surface area (Å²) >= 11 is 0. The lowest BCUT2D eigenvalue weighted by molar-refractivity contribution is -0.137. The maximum Gasteiger partial charge on any atom is 0.305 e. The van der Waals surface area contributed by atoms with Crippen LogP contribution in [0.3, 0.4) is 0 Å². The second kappa shape index (κ2) is 12.6. The van der Waals surface area contributed by atoms with Gasteiger partial charge in [0.25, 0.3) is 5.91 Å². The first kappa shape index (κ1) is 27.2. The first-order valence-corrected chi connectivity index (χ1v) is 13.5. The highest BCUT2D eigenvalue weighted by Gasteiger charge is 2.29. The molecule has 8 heteroatoms. The van der Waals surface area contributed by atoms with E-state index in [2.05, 4.69) is 18.4 Å². The number of benzene rings is 2. The van der Waals surface area contributed by atoms with Crippen molar-refractivity contribution in [1.82, 2.24) is 14.7 Å². The van der Waals surface area contributed by atoms with Crippen LogP contribution < -0.4 is 10.1 Å². The van der Waals surface area contributed by atoms with Gasteiger partial charge in [-0.15, -0.1) is 0 Å². The molecule has 1 amide bonds. The highest BCUT2D eigenvalue weighted by atomic mass is 16.5. The minimum absolute atomic E-state index is 0.0761. The van der Waals surface area contributed by atoms with Gasteiger partial charge in [0.05, 0.1) is 25.3 Å². The summed E-state index contributed by atoms with van der Waals surface area (Å²) in [6, 6.07) is 15.5. The Kier molecular flexibility index (Phi) is 9.05. The molecule has 2 aromatic carbocycles. The van der Waals surface area contributed by atoms with E-state index < -0.39 is 5.97 Å². The number of carbonyl (C=O) groups excluding carboxylic acids is 1. The lowest BCUT2D eigenvalue weighted by Gasteiger charge is -2.32. The molecule has 1 atom stereocenters. The average Bonchev–Trinajstić information content (AvgIpc) is 3.39. The van der Waals surface area contributed by atoms with E-state index in [0.717, 1.165) is 42.1 Å². The summed E-state index contributed by atoms with van der Waals surface area (Å²) in [4.78, 5) is 25.0. The number of para-hydroxylation sites is 2. The summed E-state index contributed by atoms with van der Waals surface area (Å²) in [6.45, 7) is 2.31. The van der Waals surface area contributed by atoms with Crippen molar-refractivity contribution in [1.29, 1.82) is 0 Å². The summed E-state index contributed by atoms with van der Waals surface area (Å²) in [5, 5.41) is 17.6. The fraction of sp³-hybridized carbons (Fsp3) is 0.433. The zero-order chi connectivity index (χ0) is 27.1. The summed E-state index contributed by atoms with van der Waals surface area (Å²) in [5.41, 5.74) is 4.64. The average molecular weight is 519 g/mol. The summed E-state index contributed by atoms with van der Waals surface area (Å²) < 4.78 is 7.52. The molecule has 1 aliphatic rings. The molecule has 0 spiro atoms. The van der Waals surface area contributed by atoms with E-state index in [9.17, 15) is 9.59 Å². The molecule has 8 nitrogen and oxygen atoms in total. The van der Waals surface area contributed by atoms with Crippen LogP contribution >= 0.6 is 0 Å². The van der Waals surface area contributed by atoms with Gasteiger partial charge in [-0.1, -0.05) is 38.3 Å². The van der Waals surface area contributed by atoms with Gasteiger partial charge in [-0.2, -0.15) is 5.10 Å². The van der Waals surface area contributed by atoms with Gasteiger partial charge < -0.3 is 20.1 Å². The van der Waals surface area contributed by atoms with Gasteiger partial charge in [-0.05, 0) is 61.6 Å². The molecule has 0 saturated heterocycles. The standard InChI is InChI=1S/C30H38N4O4/c1-4-25-24(20-34(32-25)26-12-8-9-13-27(26)38-3)29(21-10-6-5-7-11-21)31-23-16-14-22(15-17-23)30(37)33(2)19-18-28(35)36/h8-9,12-17,20-21,29,31H,4-7,10-11,18-19H2,1-3H3,(H,35,36). The molecule has 202 valence electrons. The Balaban J connectivity index is 1.61. The largest absolute Gasteiger partial charge is 0.494 e. The lowest BCUT2D eigenvalue weighted by Crippen LogP contribution is -2.29. The second-order valence-electron chi connectivity index (χ2n) is 9.97. The van der Waals surface area contributed by atoms with Gasteiger partial charge in [0.15, 0.2) is 0 Å². The third-order valence-electron chi connectivity index (χ3n) is 7.41. The number of amides is 1. The van der Waals surface area contributed by atoms with Crippen molar-refractivity contribution in [2.45, 2.75) is 57.9 Å². The van der Waals surface area contributed by atoms with Crippen molar-refractivity contribution < 1.29 is 19.4 Å². The van der Waals surface area contributed by atoms with Crippen LogP contribution in [0.2, 0.25) is 0 Å². The molecule has 38 heavy (non-hydrogen) atoms. The molecule has 1 saturated carbocycles. The molecule has 2 N–H and O–H groups in total. The molecule has 3 aromatic rings. The van der Waals surface area contributed by atoms with Crippen LogP contribution in [-0.2, 0) is 11.2 Å². The molecule has 4 rings (SSSR count). The number of aliphatic carboxylic acids is 1. The predicted molar refractivity (Wildman–Crippen MR) is 148 cm³/mol. The van der Waals surface area contributed by atoms with E-state index in [1.165, 1.54) is 29.7 Å². The number of rotatable bonds is 11. The number of carbonyl (C=O) groups is 2. The fourth-order valence-corrected chi connectivity index (χ4v) is 5.29. The van der Waals surface area contributed by atoms with Gasteiger partial charge in [-0.25, -0.2) is 4.68 Å². The topological polar surface area (TPSA) is 96.7 Å². The number of hydrogen-bond acceptors (Lipinski definition) is 5. The molecule has 1 aliphatic carbocycles. The Morgan fingerprint density at radius 2 is 1.84 bits per heavy atom. The third-order valence-corrected chi connectivity index (χ3v) is 7.41. The van der Waals surface area contributed by atoms with E-state index >= 15 is 0 Å². The number of aromatic nitrogens is 2. The van der Waals surface area contributed by atoms with E-state index in [4.69, 9.17) is 14.9 Å². The lowest BCUT2D eigenvalue weighted by atomic mass is 9.81. The molecule has 0 radical (unpaired) electrons. The number of nitrogens with one attached hydrogen (secondary N) is 1. The minimum Gasteiger partial charge on any atom is -0.494 e. The second-order valence-corrected chi connectivity index (χ2v) is 9.97. The van der Waals surface area contributed by atoms with Crippen LogP contribution in [0.5, 0.6) is 5.75 Å². The monoisotopic (exact) mass is 518 g/mol. The maximum atomic E-state index is 12.7. The zero-order valence-corrected chi connectivity index (χ0v) is 22.5. The number of ether oxygens (including phenoxy) is 1. The molecule has 1 aromatic heterocycles. The Morgan fingerprint density at radius 1 is 1.13 bits per heavy atom. The minimum atomic E-state index is -0.918. The summed E-state index contributed by atoms with van der Waals surface area (Å²) in [6.07, 6.45) is 8.92. The number of aryl methyl sites for hydroxylation is 1. The van der Waals surface area contributed by atoms with Gasteiger partial charge in [0, 0.05) is 36.6 Å². The van der Waals surface area contributed by atoms with Gasteiger partial charge >= 0.3 is 5.97 Å². The third kappa shape index (κ3) is 6.36. The number of carboxylic acids is 1. The van der Waals surface area contributed by atoms with Crippen molar-refractivity contribution in [2.24, 2.45) is 5.92 Å². The van der Waals surface area contributed by atoms with Crippen molar-refractivity contribution in [3.05, 3.63) is 71.5 Å². The number of carboxylic acid groups (broad SMARTS) is 1. The molecule has 0 aliphatic heterocycles. The number of anilines is 1. The van der Waals surface area contributed by atoms with Crippen LogP contribution in [0.15, 0.2) is 54.7 Å². The predicted octanol–water partition coefficient (Wildman–Crippen LogP) is 5.72. The van der Waals surface area contributed by atoms with Crippen molar-refractivity contribution in [2.75, 3.05) is 26.0 Å². The van der Waals surface area contributed by atoms with Crippen molar-refractivity contribution in [3.8, 4) is 11.4 Å². The first-order chi connectivity index (χ1) is 18.4. The highest BCUT2D eigenvalue weighted by Crippen LogP contribution is 2.38. The van der Waals surface area contributed by atoms with Gasteiger partial charge in [0.1, 0.15) is 11.4 Å². The molecular weight excluding hydrogens is 480 g/mol. The van der Waals surface area contributed by atoms with Crippen LogP contribution in [0, 0.1) is 5.92 Å². The fourth-order valence-electron chi connectivity index (χ4n) is 5.29. The van der Waals surface area contributed by atoms with Crippen LogP contribution in [0.1, 0.15) is 73.1 Å². The highest BCUT2D eigenvalue weighted by molar-refractivity contribution is 5.94.